The molecule has 0 spiro atoms. The first kappa shape index (κ1) is 14.5. The molecular formula is C16H16FIO. The Morgan fingerprint density at radius 1 is 1.11 bits per heavy atom. The Labute approximate surface area is 126 Å². The molecule has 0 heterocycles. The molecule has 0 bridgehead atoms. The highest BCUT2D eigenvalue weighted by Crippen LogP contribution is 2.24. The summed E-state index contributed by atoms with van der Waals surface area (Å²) in [5.74, 6) is -0.271. The lowest BCUT2D eigenvalue weighted by molar-refractivity contribution is 0.177. The summed E-state index contributed by atoms with van der Waals surface area (Å²) in [6, 6.07) is 12.7. The largest absolute Gasteiger partial charge is 0.388 e. The molecule has 2 rings (SSSR count). The standard InChI is InChI=1S/C16H16FIO/c1-2-11-3-5-12(6-4-11)9-16(19)14-8-7-13(17)10-15(14)18/h3-8,10,16,19H,2,9H2,1H3. The van der Waals surface area contributed by atoms with Crippen LogP contribution in [-0.2, 0) is 12.8 Å². The molecule has 0 aliphatic heterocycles. The molecule has 1 atom stereocenters. The van der Waals surface area contributed by atoms with E-state index in [0.717, 1.165) is 21.1 Å². The average Bonchev–Trinajstić information content (AvgIpc) is 2.39. The second-order valence-corrected chi connectivity index (χ2v) is 5.72. The first-order valence-electron chi connectivity index (χ1n) is 6.31. The molecule has 0 saturated heterocycles. The predicted molar refractivity (Wildman–Crippen MR) is 83.6 cm³/mol. The molecule has 0 fully saturated rings. The van der Waals surface area contributed by atoms with Crippen LogP contribution < -0.4 is 0 Å². The van der Waals surface area contributed by atoms with Gasteiger partial charge in [-0.05, 0) is 57.8 Å². The molecule has 19 heavy (non-hydrogen) atoms. The van der Waals surface area contributed by atoms with E-state index in [1.165, 1.54) is 17.7 Å². The highest BCUT2D eigenvalue weighted by Gasteiger charge is 2.12. The number of hydrogen-bond donors (Lipinski definition) is 1. The number of benzene rings is 2. The molecule has 1 N–H and O–H groups in total. The third-order valence-electron chi connectivity index (χ3n) is 3.18. The van der Waals surface area contributed by atoms with Crippen molar-refractivity contribution < 1.29 is 9.50 Å². The lowest BCUT2D eigenvalue weighted by atomic mass is 10.00. The van der Waals surface area contributed by atoms with E-state index in [4.69, 9.17) is 0 Å². The molecule has 0 aliphatic rings. The number of aryl methyl sites for hydroxylation is 1. The SMILES string of the molecule is CCc1ccc(CC(O)c2ccc(F)cc2I)cc1. The van der Waals surface area contributed by atoms with E-state index in [1.54, 1.807) is 6.07 Å². The zero-order valence-corrected chi connectivity index (χ0v) is 12.9. The monoisotopic (exact) mass is 370 g/mol. The Morgan fingerprint density at radius 2 is 1.74 bits per heavy atom. The van der Waals surface area contributed by atoms with Gasteiger partial charge in [-0.25, -0.2) is 4.39 Å². The minimum absolute atomic E-state index is 0.271. The molecule has 1 nitrogen and oxygen atoms in total. The van der Waals surface area contributed by atoms with E-state index in [1.807, 2.05) is 12.1 Å². The maximum atomic E-state index is 13.0. The molecule has 2 aromatic carbocycles. The maximum Gasteiger partial charge on any atom is 0.124 e. The summed E-state index contributed by atoms with van der Waals surface area (Å²) in [5.41, 5.74) is 3.15. The molecule has 0 aromatic heterocycles. The van der Waals surface area contributed by atoms with Gasteiger partial charge in [0.05, 0.1) is 6.10 Å². The van der Waals surface area contributed by atoms with Gasteiger partial charge in [-0.15, -0.1) is 0 Å². The van der Waals surface area contributed by atoms with E-state index in [0.29, 0.717) is 6.42 Å². The lowest BCUT2D eigenvalue weighted by Crippen LogP contribution is -2.04. The van der Waals surface area contributed by atoms with Crippen LogP contribution in [0.5, 0.6) is 0 Å². The van der Waals surface area contributed by atoms with Crippen molar-refractivity contribution in [3.05, 3.63) is 68.5 Å². The first-order valence-corrected chi connectivity index (χ1v) is 7.39. The van der Waals surface area contributed by atoms with Crippen LogP contribution in [0.15, 0.2) is 42.5 Å². The number of hydrogen-bond acceptors (Lipinski definition) is 1. The number of rotatable bonds is 4. The second-order valence-electron chi connectivity index (χ2n) is 4.56. The smallest absolute Gasteiger partial charge is 0.124 e. The van der Waals surface area contributed by atoms with Gasteiger partial charge in [0, 0.05) is 9.99 Å². The third kappa shape index (κ3) is 3.76. The molecule has 0 amide bonds. The van der Waals surface area contributed by atoms with Crippen LogP contribution in [-0.4, -0.2) is 5.11 Å². The minimum Gasteiger partial charge on any atom is -0.388 e. The molecular weight excluding hydrogens is 354 g/mol. The predicted octanol–water partition coefficient (Wildman–Crippen LogP) is 4.27. The van der Waals surface area contributed by atoms with Crippen molar-refractivity contribution in [2.75, 3.05) is 0 Å². The molecule has 100 valence electrons. The van der Waals surface area contributed by atoms with Gasteiger partial charge in [0.1, 0.15) is 5.82 Å². The van der Waals surface area contributed by atoms with Gasteiger partial charge in [0.2, 0.25) is 0 Å². The van der Waals surface area contributed by atoms with Crippen LogP contribution in [0.25, 0.3) is 0 Å². The Balaban J connectivity index is 2.13. The van der Waals surface area contributed by atoms with Gasteiger partial charge in [-0.3, -0.25) is 0 Å². The summed E-state index contributed by atoms with van der Waals surface area (Å²) in [7, 11) is 0. The molecule has 3 heteroatoms. The normalized spacial score (nSPS) is 12.4. The van der Waals surface area contributed by atoms with E-state index >= 15 is 0 Å². The molecule has 0 saturated carbocycles. The maximum absolute atomic E-state index is 13.0. The van der Waals surface area contributed by atoms with Crippen molar-refractivity contribution >= 4 is 22.6 Å². The fourth-order valence-electron chi connectivity index (χ4n) is 2.02. The Morgan fingerprint density at radius 3 is 2.32 bits per heavy atom. The Hall–Kier alpha value is -0.940. The van der Waals surface area contributed by atoms with Crippen LogP contribution in [0, 0.1) is 9.39 Å². The van der Waals surface area contributed by atoms with Gasteiger partial charge in [0.15, 0.2) is 0 Å². The summed E-state index contributed by atoms with van der Waals surface area (Å²) < 4.78 is 13.8. The molecule has 0 radical (unpaired) electrons. The van der Waals surface area contributed by atoms with Gasteiger partial charge < -0.3 is 5.11 Å². The van der Waals surface area contributed by atoms with Crippen LogP contribution in [0.4, 0.5) is 4.39 Å². The summed E-state index contributed by atoms with van der Waals surface area (Å²) in [5, 5.41) is 10.2. The number of halogens is 2. The topological polar surface area (TPSA) is 20.2 Å². The molecule has 2 aromatic rings. The highest BCUT2D eigenvalue weighted by atomic mass is 127. The quantitative estimate of drug-likeness (QED) is 0.798. The average molecular weight is 370 g/mol. The lowest BCUT2D eigenvalue weighted by Gasteiger charge is -2.13. The van der Waals surface area contributed by atoms with E-state index in [9.17, 15) is 9.50 Å². The van der Waals surface area contributed by atoms with Crippen molar-refractivity contribution in [1.82, 2.24) is 0 Å². The van der Waals surface area contributed by atoms with E-state index < -0.39 is 6.10 Å². The Bertz CT molecular complexity index is 551. The zero-order valence-electron chi connectivity index (χ0n) is 10.7. The summed E-state index contributed by atoms with van der Waals surface area (Å²) in [4.78, 5) is 0. The van der Waals surface area contributed by atoms with E-state index in [-0.39, 0.29) is 5.82 Å². The molecule has 1 unspecified atom stereocenters. The fraction of sp³-hybridized carbons (Fsp3) is 0.250. The molecule has 0 aliphatic carbocycles. The van der Waals surface area contributed by atoms with Gasteiger partial charge in [0.25, 0.3) is 0 Å². The van der Waals surface area contributed by atoms with E-state index in [2.05, 4.69) is 41.6 Å². The summed E-state index contributed by atoms with van der Waals surface area (Å²) in [6.07, 6.45) is 0.963. The Kier molecular flexibility index (Phi) is 4.93. The summed E-state index contributed by atoms with van der Waals surface area (Å²) >= 11 is 2.06. The van der Waals surface area contributed by atoms with Crippen LogP contribution in [0.1, 0.15) is 29.7 Å². The van der Waals surface area contributed by atoms with Crippen LogP contribution in [0.2, 0.25) is 0 Å². The first-order chi connectivity index (χ1) is 9.10. The van der Waals surface area contributed by atoms with Crippen LogP contribution in [0.3, 0.4) is 0 Å². The fourth-order valence-corrected chi connectivity index (χ4v) is 2.85. The van der Waals surface area contributed by atoms with Crippen molar-refractivity contribution in [3.63, 3.8) is 0 Å². The van der Waals surface area contributed by atoms with Crippen LogP contribution >= 0.6 is 22.6 Å². The van der Waals surface area contributed by atoms with Crippen molar-refractivity contribution in [3.8, 4) is 0 Å². The van der Waals surface area contributed by atoms with Crippen molar-refractivity contribution in [2.24, 2.45) is 0 Å². The van der Waals surface area contributed by atoms with Gasteiger partial charge in [-0.2, -0.15) is 0 Å². The van der Waals surface area contributed by atoms with Crippen molar-refractivity contribution in [1.29, 1.82) is 0 Å². The van der Waals surface area contributed by atoms with Gasteiger partial charge in [-0.1, -0.05) is 37.3 Å². The second kappa shape index (κ2) is 6.48. The van der Waals surface area contributed by atoms with Crippen molar-refractivity contribution in [2.45, 2.75) is 25.9 Å². The zero-order chi connectivity index (χ0) is 13.8. The number of aliphatic hydroxyl groups excluding tert-OH is 1. The summed E-state index contributed by atoms with van der Waals surface area (Å²) in [6.45, 7) is 2.12. The highest BCUT2D eigenvalue weighted by molar-refractivity contribution is 14.1. The number of aliphatic hydroxyl groups is 1. The van der Waals surface area contributed by atoms with Gasteiger partial charge >= 0.3 is 0 Å². The third-order valence-corrected chi connectivity index (χ3v) is 4.12. The minimum atomic E-state index is -0.597.